The van der Waals surface area contributed by atoms with Crippen LogP contribution in [0, 0.1) is 5.92 Å². The average molecular weight is 201 g/mol. The maximum Gasteiger partial charge on any atom is 0.409 e. The van der Waals surface area contributed by atoms with Crippen LogP contribution in [-0.4, -0.2) is 42.9 Å². The van der Waals surface area contributed by atoms with Gasteiger partial charge in [-0.1, -0.05) is 0 Å². The molecule has 1 aliphatic heterocycles. The van der Waals surface area contributed by atoms with Crippen molar-refractivity contribution in [3.05, 3.63) is 0 Å². The molecule has 0 radical (unpaired) electrons. The van der Waals surface area contributed by atoms with Gasteiger partial charge in [-0.25, -0.2) is 4.79 Å². The van der Waals surface area contributed by atoms with E-state index in [2.05, 4.69) is 4.74 Å². The van der Waals surface area contributed by atoms with Crippen molar-refractivity contribution in [1.29, 1.82) is 0 Å². The predicted molar refractivity (Wildman–Crippen MR) is 53.0 cm³/mol. The van der Waals surface area contributed by atoms with Crippen molar-refractivity contribution in [2.75, 3.05) is 26.8 Å². The number of piperidine rings is 1. The summed E-state index contributed by atoms with van der Waals surface area (Å²) in [4.78, 5) is 12.9. The van der Waals surface area contributed by atoms with Gasteiger partial charge in [-0.2, -0.15) is 0 Å². The van der Waals surface area contributed by atoms with Gasteiger partial charge in [-0.05, 0) is 31.6 Å². The largest absolute Gasteiger partial charge is 0.453 e. The zero-order valence-electron chi connectivity index (χ0n) is 8.74. The van der Waals surface area contributed by atoms with Gasteiger partial charge in [0.15, 0.2) is 0 Å². The van der Waals surface area contributed by atoms with Gasteiger partial charge in [0.25, 0.3) is 0 Å². The number of methoxy groups -OCH3 is 1. The number of amides is 1. The van der Waals surface area contributed by atoms with Crippen molar-refractivity contribution < 1.29 is 14.6 Å². The van der Waals surface area contributed by atoms with E-state index in [1.807, 2.05) is 0 Å². The van der Waals surface area contributed by atoms with E-state index < -0.39 is 0 Å². The molecule has 0 unspecified atom stereocenters. The molecule has 1 heterocycles. The van der Waals surface area contributed by atoms with Crippen molar-refractivity contribution in [1.82, 2.24) is 4.90 Å². The average Bonchev–Trinajstić information content (AvgIpc) is 2.26. The summed E-state index contributed by atoms with van der Waals surface area (Å²) < 4.78 is 4.65. The molecule has 0 atom stereocenters. The second-order valence-electron chi connectivity index (χ2n) is 3.77. The van der Waals surface area contributed by atoms with Crippen LogP contribution in [0.25, 0.3) is 0 Å². The fourth-order valence-corrected chi connectivity index (χ4v) is 1.91. The molecule has 1 aliphatic rings. The first-order valence-corrected chi connectivity index (χ1v) is 5.21. The van der Waals surface area contributed by atoms with Crippen LogP contribution < -0.4 is 0 Å². The molecular formula is C10H19NO3. The van der Waals surface area contributed by atoms with Gasteiger partial charge in [0, 0.05) is 19.7 Å². The molecule has 1 amide bonds. The zero-order valence-corrected chi connectivity index (χ0v) is 8.74. The first-order valence-electron chi connectivity index (χ1n) is 5.21. The van der Waals surface area contributed by atoms with Crippen LogP contribution in [-0.2, 0) is 4.74 Å². The van der Waals surface area contributed by atoms with E-state index in [0.29, 0.717) is 5.92 Å². The molecule has 0 spiro atoms. The molecular weight excluding hydrogens is 182 g/mol. The van der Waals surface area contributed by atoms with Crippen molar-refractivity contribution in [2.45, 2.75) is 25.7 Å². The summed E-state index contributed by atoms with van der Waals surface area (Å²) in [5, 5.41) is 8.69. The third-order valence-electron chi connectivity index (χ3n) is 2.82. The van der Waals surface area contributed by atoms with Gasteiger partial charge in [0.2, 0.25) is 0 Å². The highest BCUT2D eigenvalue weighted by Gasteiger charge is 2.22. The predicted octanol–water partition coefficient (Wildman–Crippen LogP) is 1.24. The van der Waals surface area contributed by atoms with Crippen molar-refractivity contribution in [3.63, 3.8) is 0 Å². The number of carbonyl (C=O) groups excluding carboxylic acids is 1. The summed E-state index contributed by atoms with van der Waals surface area (Å²) in [7, 11) is 1.42. The highest BCUT2D eigenvalue weighted by molar-refractivity contribution is 5.67. The molecule has 14 heavy (non-hydrogen) atoms. The number of rotatable bonds is 3. The topological polar surface area (TPSA) is 49.8 Å². The van der Waals surface area contributed by atoms with Gasteiger partial charge in [0.05, 0.1) is 7.11 Å². The maximum atomic E-state index is 11.2. The Morgan fingerprint density at radius 3 is 2.64 bits per heavy atom. The molecule has 0 aromatic carbocycles. The Morgan fingerprint density at radius 1 is 1.50 bits per heavy atom. The van der Waals surface area contributed by atoms with E-state index in [1.54, 1.807) is 4.90 Å². The summed E-state index contributed by atoms with van der Waals surface area (Å²) in [6.07, 6.45) is 3.81. The quantitative estimate of drug-likeness (QED) is 0.747. The normalized spacial score (nSPS) is 18.3. The fraction of sp³-hybridized carbons (Fsp3) is 0.900. The van der Waals surface area contributed by atoms with Crippen molar-refractivity contribution in [3.8, 4) is 0 Å². The number of hydrogen-bond donors (Lipinski definition) is 1. The molecule has 0 aromatic rings. The lowest BCUT2D eigenvalue weighted by molar-refractivity contribution is 0.103. The number of hydrogen-bond acceptors (Lipinski definition) is 3. The third-order valence-corrected chi connectivity index (χ3v) is 2.82. The van der Waals surface area contributed by atoms with E-state index in [-0.39, 0.29) is 12.7 Å². The highest BCUT2D eigenvalue weighted by atomic mass is 16.5. The van der Waals surface area contributed by atoms with E-state index in [9.17, 15) is 4.79 Å². The molecule has 0 aromatic heterocycles. The number of nitrogens with zero attached hydrogens (tertiary/aromatic N) is 1. The van der Waals surface area contributed by atoms with E-state index in [0.717, 1.165) is 38.8 Å². The van der Waals surface area contributed by atoms with Crippen LogP contribution in [0.3, 0.4) is 0 Å². The highest BCUT2D eigenvalue weighted by Crippen LogP contribution is 2.21. The lowest BCUT2D eigenvalue weighted by atomic mass is 9.92. The Morgan fingerprint density at radius 2 is 2.14 bits per heavy atom. The standard InChI is InChI=1S/C10H19NO3/c1-14-10(13)11-6-4-9(5-7-11)3-2-8-12/h9,12H,2-8H2,1H3. The maximum absolute atomic E-state index is 11.2. The van der Waals surface area contributed by atoms with Crippen LogP contribution >= 0.6 is 0 Å². The minimum absolute atomic E-state index is 0.217. The van der Waals surface area contributed by atoms with Crippen LogP contribution in [0.2, 0.25) is 0 Å². The van der Waals surface area contributed by atoms with Gasteiger partial charge >= 0.3 is 6.09 Å². The van der Waals surface area contributed by atoms with Crippen LogP contribution in [0.15, 0.2) is 0 Å². The minimum atomic E-state index is -0.217. The Bertz CT molecular complexity index is 176. The van der Waals surface area contributed by atoms with Gasteiger partial charge in [0.1, 0.15) is 0 Å². The minimum Gasteiger partial charge on any atom is -0.453 e. The molecule has 1 N–H and O–H groups in total. The van der Waals surface area contributed by atoms with Crippen molar-refractivity contribution >= 4 is 6.09 Å². The number of ether oxygens (including phenoxy) is 1. The Hall–Kier alpha value is -0.770. The summed E-state index contributed by atoms with van der Waals surface area (Å²) in [6, 6.07) is 0. The fourth-order valence-electron chi connectivity index (χ4n) is 1.91. The van der Waals surface area contributed by atoms with Gasteiger partial charge < -0.3 is 14.7 Å². The van der Waals surface area contributed by atoms with Crippen molar-refractivity contribution in [2.24, 2.45) is 5.92 Å². The Balaban J connectivity index is 2.20. The second-order valence-corrected chi connectivity index (χ2v) is 3.77. The molecule has 1 rings (SSSR count). The number of likely N-dealkylation sites (tertiary alicyclic amines) is 1. The Labute approximate surface area is 84.8 Å². The Kier molecular flexibility index (Phi) is 4.73. The molecule has 0 saturated carbocycles. The van der Waals surface area contributed by atoms with Gasteiger partial charge in [-0.3, -0.25) is 0 Å². The van der Waals surface area contributed by atoms with E-state index in [1.165, 1.54) is 7.11 Å². The first-order chi connectivity index (χ1) is 6.77. The molecule has 1 saturated heterocycles. The van der Waals surface area contributed by atoms with E-state index >= 15 is 0 Å². The van der Waals surface area contributed by atoms with Crippen LogP contribution in [0.1, 0.15) is 25.7 Å². The third kappa shape index (κ3) is 3.18. The van der Waals surface area contributed by atoms with Gasteiger partial charge in [-0.15, -0.1) is 0 Å². The molecule has 4 heteroatoms. The summed E-state index contributed by atoms with van der Waals surface area (Å²) in [6.45, 7) is 1.86. The van der Waals surface area contributed by atoms with Crippen LogP contribution in [0.4, 0.5) is 4.79 Å². The number of aliphatic hydroxyl groups excluding tert-OH is 1. The monoisotopic (exact) mass is 201 g/mol. The summed E-state index contributed by atoms with van der Waals surface area (Å²) >= 11 is 0. The lowest BCUT2D eigenvalue weighted by Gasteiger charge is -2.30. The smallest absolute Gasteiger partial charge is 0.409 e. The molecule has 1 fully saturated rings. The number of carbonyl (C=O) groups is 1. The summed E-state index contributed by atoms with van der Waals surface area (Å²) in [5.41, 5.74) is 0. The lowest BCUT2D eigenvalue weighted by Crippen LogP contribution is -2.38. The van der Waals surface area contributed by atoms with Crippen LogP contribution in [0.5, 0.6) is 0 Å². The molecule has 82 valence electrons. The number of aliphatic hydroxyl groups is 1. The first kappa shape index (κ1) is 11.3. The second kappa shape index (κ2) is 5.86. The van der Waals surface area contributed by atoms with E-state index in [4.69, 9.17) is 5.11 Å². The summed E-state index contributed by atoms with van der Waals surface area (Å²) in [5.74, 6) is 0.669. The SMILES string of the molecule is COC(=O)N1CCC(CCCO)CC1. The molecule has 0 aliphatic carbocycles. The molecule has 4 nitrogen and oxygen atoms in total. The zero-order chi connectivity index (χ0) is 10.4. The molecule has 0 bridgehead atoms.